The summed E-state index contributed by atoms with van der Waals surface area (Å²) in [6.07, 6.45) is 2.61. The highest BCUT2D eigenvalue weighted by Gasteiger charge is 2.13. The molecular weight excluding hydrogens is 144 g/mol. The zero-order chi connectivity index (χ0) is 8.69. The van der Waals surface area contributed by atoms with Crippen LogP contribution in [0.1, 0.15) is 32.6 Å². The van der Waals surface area contributed by atoms with Gasteiger partial charge in [-0.1, -0.05) is 26.2 Å². The van der Waals surface area contributed by atoms with Crippen molar-refractivity contribution in [3.05, 3.63) is 0 Å². The first-order valence-electron chi connectivity index (χ1n) is 3.98. The Balaban J connectivity index is 3.36. The molecule has 0 unspecified atom stereocenters. The van der Waals surface area contributed by atoms with Gasteiger partial charge in [0.15, 0.2) is 6.10 Å². The molecule has 0 aliphatic carbocycles. The highest BCUT2D eigenvalue weighted by atomic mass is 16.5. The molecule has 0 saturated heterocycles. The number of esters is 1. The second-order valence-electron chi connectivity index (χ2n) is 2.53. The molecule has 1 N–H and O–H groups in total. The van der Waals surface area contributed by atoms with E-state index in [9.17, 15) is 4.79 Å². The monoisotopic (exact) mass is 160 g/mol. The summed E-state index contributed by atoms with van der Waals surface area (Å²) in [6.45, 7) is 2.07. The van der Waals surface area contributed by atoms with Crippen LogP contribution in [0.2, 0.25) is 0 Å². The predicted molar refractivity (Wildman–Crippen MR) is 42.2 cm³/mol. The van der Waals surface area contributed by atoms with Crippen molar-refractivity contribution in [3.8, 4) is 0 Å². The highest BCUT2D eigenvalue weighted by molar-refractivity contribution is 5.74. The molecule has 0 bridgehead atoms. The molecule has 0 aromatic carbocycles. The largest absolute Gasteiger partial charge is 0.467 e. The van der Waals surface area contributed by atoms with Gasteiger partial charge in [-0.15, -0.1) is 0 Å². The molecule has 3 heteroatoms. The third-order valence-corrected chi connectivity index (χ3v) is 1.55. The van der Waals surface area contributed by atoms with Crippen LogP contribution in [-0.4, -0.2) is 24.3 Å². The number of carbonyl (C=O) groups excluding carboxylic acids is 1. The number of hydrogen-bond acceptors (Lipinski definition) is 3. The number of methoxy groups -OCH3 is 1. The first kappa shape index (κ1) is 10.4. The van der Waals surface area contributed by atoms with Crippen molar-refractivity contribution in [2.45, 2.75) is 38.7 Å². The zero-order valence-corrected chi connectivity index (χ0v) is 7.17. The average Bonchev–Trinajstić information content (AvgIpc) is 2.03. The fourth-order valence-corrected chi connectivity index (χ4v) is 0.842. The second-order valence-corrected chi connectivity index (χ2v) is 2.53. The lowest BCUT2D eigenvalue weighted by atomic mass is 10.1. The Bertz CT molecular complexity index is 112. The van der Waals surface area contributed by atoms with Gasteiger partial charge in [0.2, 0.25) is 0 Å². The van der Waals surface area contributed by atoms with E-state index in [0.29, 0.717) is 6.42 Å². The third kappa shape index (κ3) is 4.79. The van der Waals surface area contributed by atoms with Crippen molar-refractivity contribution < 1.29 is 14.6 Å². The van der Waals surface area contributed by atoms with Gasteiger partial charge < -0.3 is 9.84 Å². The van der Waals surface area contributed by atoms with Gasteiger partial charge >= 0.3 is 5.97 Å². The molecule has 0 aliphatic rings. The molecule has 0 spiro atoms. The van der Waals surface area contributed by atoms with Gasteiger partial charge in [-0.2, -0.15) is 0 Å². The Hall–Kier alpha value is -0.570. The molecule has 3 nitrogen and oxygen atoms in total. The minimum absolute atomic E-state index is 0.514. The fourth-order valence-electron chi connectivity index (χ4n) is 0.842. The lowest BCUT2D eigenvalue weighted by Gasteiger charge is -2.06. The van der Waals surface area contributed by atoms with Crippen molar-refractivity contribution >= 4 is 5.97 Å². The highest BCUT2D eigenvalue weighted by Crippen LogP contribution is 2.03. The molecule has 1 atom stereocenters. The smallest absolute Gasteiger partial charge is 0.334 e. The number of aliphatic hydroxyl groups is 1. The zero-order valence-electron chi connectivity index (χ0n) is 7.17. The number of carbonyl (C=O) groups is 1. The van der Waals surface area contributed by atoms with Gasteiger partial charge in [0.05, 0.1) is 7.11 Å². The van der Waals surface area contributed by atoms with Gasteiger partial charge in [0.25, 0.3) is 0 Å². The van der Waals surface area contributed by atoms with Crippen LogP contribution in [0.4, 0.5) is 0 Å². The standard InChI is InChI=1S/C8H16O3/c1-3-4-5-6-7(9)8(10)11-2/h7,9H,3-6H2,1-2H3/t7-/m1/s1. The maximum absolute atomic E-state index is 10.6. The fraction of sp³-hybridized carbons (Fsp3) is 0.875. The normalized spacial score (nSPS) is 12.6. The quantitative estimate of drug-likeness (QED) is 0.484. The minimum atomic E-state index is -0.924. The van der Waals surface area contributed by atoms with Crippen LogP contribution >= 0.6 is 0 Å². The SMILES string of the molecule is CCCCC[C@@H](O)C(=O)OC. The molecule has 0 amide bonds. The van der Waals surface area contributed by atoms with Crippen LogP contribution in [0.15, 0.2) is 0 Å². The molecule has 0 aromatic rings. The van der Waals surface area contributed by atoms with E-state index in [-0.39, 0.29) is 0 Å². The number of rotatable bonds is 5. The van der Waals surface area contributed by atoms with Crippen LogP contribution in [-0.2, 0) is 9.53 Å². The van der Waals surface area contributed by atoms with Crippen molar-refractivity contribution in [2.24, 2.45) is 0 Å². The Morgan fingerprint density at radius 3 is 2.64 bits per heavy atom. The molecule has 66 valence electrons. The first-order valence-corrected chi connectivity index (χ1v) is 3.98. The lowest BCUT2D eigenvalue weighted by Crippen LogP contribution is -2.21. The van der Waals surface area contributed by atoms with Crippen LogP contribution in [0, 0.1) is 0 Å². The number of ether oxygens (including phenoxy) is 1. The lowest BCUT2D eigenvalue weighted by molar-refractivity contribution is -0.150. The minimum Gasteiger partial charge on any atom is -0.467 e. The Kier molecular flexibility index (Phi) is 5.84. The summed E-state index contributed by atoms with van der Waals surface area (Å²) in [5, 5.41) is 9.07. The van der Waals surface area contributed by atoms with E-state index in [1.165, 1.54) is 7.11 Å². The van der Waals surface area contributed by atoms with Crippen LogP contribution in [0.5, 0.6) is 0 Å². The molecule has 11 heavy (non-hydrogen) atoms. The molecule has 0 aliphatic heterocycles. The van der Waals surface area contributed by atoms with Gasteiger partial charge in [-0.3, -0.25) is 0 Å². The molecule has 0 rings (SSSR count). The molecule has 0 radical (unpaired) electrons. The Morgan fingerprint density at radius 1 is 1.55 bits per heavy atom. The van der Waals surface area contributed by atoms with Gasteiger partial charge in [0, 0.05) is 0 Å². The first-order chi connectivity index (χ1) is 5.22. The summed E-state index contributed by atoms with van der Waals surface area (Å²) in [4.78, 5) is 10.6. The van der Waals surface area contributed by atoms with E-state index in [4.69, 9.17) is 5.11 Å². The third-order valence-electron chi connectivity index (χ3n) is 1.55. The van der Waals surface area contributed by atoms with Crippen molar-refractivity contribution in [1.82, 2.24) is 0 Å². The Labute approximate surface area is 67.4 Å². The maximum atomic E-state index is 10.6. The van der Waals surface area contributed by atoms with Gasteiger partial charge in [-0.25, -0.2) is 4.79 Å². The van der Waals surface area contributed by atoms with Crippen LogP contribution in [0.3, 0.4) is 0 Å². The average molecular weight is 160 g/mol. The van der Waals surface area contributed by atoms with E-state index >= 15 is 0 Å². The van der Waals surface area contributed by atoms with E-state index in [2.05, 4.69) is 11.7 Å². The summed E-state index contributed by atoms with van der Waals surface area (Å²) >= 11 is 0. The summed E-state index contributed by atoms with van der Waals surface area (Å²) in [6, 6.07) is 0. The van der Waals surface area contributed by atoms with E-state index < -0.39 is 12.1 Å². The summed E-state index contributed by atoms with van der Waals surface area (Å²) in [5.74, 6) is -0.527. The molecule has 0 saturated carbocycles. The van der Waals surface area contributed by atoms with Crippen molar-refractivity contribution in [3.63, 3.8) is 0 Å². The summed E-state index contributed by atoms with van der Waals surface area (Å²) in [5.41, 5.74) is 0. The number of unbranched alkanes of at least 4 members (excludes halogenated alkanes) is 2. The number of hydrogen-bond donors (Lipinski definition) is 1. The van der Waals surface area contributed by atoms with E-state index in [1.54, 1.807) is 0 Å². The van der Waals surface area contributed by atoms with Crippen molar-refractivity contribution in [2.75, 3.05) is 7.11 Å². The summed E-state index contributed by atoms with van der Waals surface area (Å²) in [7, 11) is 1.28. The van der Waals surface area contributed by atoms with Crippen LogP contribution in [0.25, 0.3) is 0 Å². The number of aliphatic hydroxyl groups excluding tert-OH is 1. The topological polar surface area (TPSA) is 46.5 Å². The molecular formula is C8H16O3. The van der Waals surface area contributed by atoms with Crippen molar-refractivity contribution in [1.29, 1.82) is 0 Å². The second kappa shape index (κ2) is 6.16. The molecule has 0 heterocycles. The Morgan fingerprint density at radius 2 is 2.18 bits per heavy atom. The van der Waals surface area contributed by atoms with E-state index in [1.807, 2.05) is 0 Å². The molecule has 0 fully saturated rings. The summed E-state index contributed by atoms with van der Waals surface area (Å²) < 4.78 is 4.35. The van der Waals surface area contributed by atoms with Gasteiger partial charge in [-0.05, 0) is 6.42 Å². The van der Waals surface area contributed by atoms with Gasteiger partial charge in [0.1, 0.15) is 0 Å². The van der Waals surface area contributed by atoms with E-state index in [0.717, 1.165) is 19.3 Å². The predicted octanol–water partition coefficient (Wildman–Crippen LogP) is 1.10. The maximum Gasteiger partial charge on any atom is 0.334 e. The van der Waals surface area contributed by atoms with Crippen LogP contribution < -0.4 is 0 Å². The molecule has 0 aromatic heterocycles.